The molecule has 0 amide bonds. The Bertz CT molecular complexity index is 644. The van der Waals surface area contributed by atoms with Crippen LogP contribution in [0.5, 0.6) is 5.75 Å². The van der Waals surface area contributed by atoms with E-state index in [1.807, 2.05) is 0 Å². The molecule has 0 unspecified atom stereocenters. The Labute approximate surface area is 140 Å². The molecule has 1 aliphatic rings. The molecule has 0 radical (unpaired) electrons. The Balaban J connectivity index is 2.55. The van der Waals surface area contributed by atoms with E-state index < -0.39 is 28.8 Å². The lowest BCUT2D eigenvalue weighted by Gasteiger charge is -2.31. The van der Waals surface area contributed by atoms with Crippen molar-refractivity contribution in [2.75, 3.05) is 20.3 Å². The fourth-order valence-corrected chi connectivity index (χ4v) is 3.43. The Hall–Kier alpha value is -2.44. The van der Waals surface area contributed by atoms with Crippen LogP contribution < -0.4 is 4.74 Å². The van der Waals surface area contributed by atoms with Crippen LogP contribution in [-0.2, 0) is 14.3 Å². The van der Waals surface area contributed by atoms with E-state index in [0.29, 0.717) is 17.7 Å². The molecule has 0 N–H and O–H groups in total. The van der Waals surface area contributed by atoms with Crippen molar-refractivity contribution in [3.05, 3.63) is 39.9 Å². The molecule has 7 heteroatoms. The van der Waals surface area contributed by atoms with E-state index in [1.54, 1.807) is 31.2 Å². The van der Waals surface area contributed by atoms with Crippen molar-refractivity contribution in [1.29, 1.82) is 0 Å². The normalized spacial score (nSPS) is 21.3. The molecule has 0 spiro atoms. The van der Waals surface area contributed by atoms with Gasteiger partial charge in [0.25, 0.3) is 0 Å². The molecule has 7 nitrogen and oxygen atoms in total. The van der Waals surface area contributed by atoms with Gasteiger partial charge in [0, 0.05) is 11.3 Å². The molecule has 0 bridgehead atoms. The van der Waals surface area contributed by atoms with Crippen molar-refractivity contribution in [3.63, 3.8) is 0 Å². The molecule has 24 heavy (non-hydrogen) atoms. The van der Waals surface area contributed by atoms with Crippen molar-refractivity contribution in [1.82, 2.24) is 0 Å². The number of nitrogens with zero attached hydrogens (tertiary/aromatic N) is 1. The molecule has 0 heterocycles. The minimum Gasteiger partial charge on any atom is -0.497 e. The van der Waals surface area contributed by atoms with Gasteiger partial charge in [0.1, 0.15) is 11.2 Å². The zero-order chi connectivity index (χ0) is 17.7. The number of methoxy groups -OCH3 is 1. The second-order valence-electron chi connectivity index (χ2n) is 5.81. The van der Waals surface area contributed by atoms with E-state index in [0.717, 1.165) is 0 Å². The number of benzene rings is 1. The van der Waals surface area contributed by atoms with Crippen LogP contribution in [0.2, 0.25) is 0 Å². The summed E-state index contributed by atoms with van der Waals surface area (Å²) in [7, 11) is 1.49. The van der Waals surface area contributed by atoms with E-state index in [-0.39, 0.29) is 25.2 Å². The number of nitro groups is 1. The number of hydrogen-bond donors (Lipinski definition) is 0. The summed E-state index contributed by atoms with van der Waals surface area (Å²) < 4.78 is 10.3. The average molecular weight is 335 g/mol. The molecule has 2 rings (SSSR count). The van der Waals surface area contributed by atoms with Crippen molar-refractivity contribution < 1.29 is 24.0 Å². The van der Waals surface area contributed by atoms with Gasteiger partial charge in [0.05, 0.1) is 19.6 Å². The van der Waals surface area contributed by atoms with Crippen LogP contribution in [0.4, 0.5) is 0 Å². The van der Waals surface area contributed by atoms with Gasteiger partial charge in [-0.2, -0.15) is 0 Å². The first kappa shape index (κ1) is 17.9. The second kappa shape index (κ2) is 7.42. The van der Waals surface area contributed by atoms with Crippen molar-refractivity contribution in [3.8, 4) is 5.75 Å². The number of carbonyl (C=O) groups is 2. The van der Waals surface area contributed by atoms with Crippen LogP contribution in [-0.4, -0.2) is 36.9 Å². The number of rotatable bonds is 7. The summed E-state index contributed by atoms with van der Waals surface area (Å²) in [5, 5.41) is 11.2. The Kier molecular flexibility index (Phi) is 5.54. The van der Waals surface area contributed by atoms with Gasteiger partial charge < -0.3 is 9.47 Å². The molecule has 1 aliphatic carbocycles. The van der Waals surface area contributed by atoms with E-state index in [9.17, 15) is 19.7 Å². The zero-order valence-electron chi connectivity index (χ0n) is 13.8. The number of esters is 1. The molecule has 0 saturated heterocycles. The molecule has 2 atom stereocenters. The smallest absolute Gasteiger partial charge is 0.320 e. The van der Waals surface area contributed by atoms with Gasteiger partial charge in [-0.25, -0.2) is 0 Å². The molecule has 0 aliphatic heterocycles. The third kappa shape index (κ3) is 3.25. The highest BCUT2D eigenvalue weighted by atomic mass is 16.6. The molecular weight excluding hydrogens is 314 g/mol. The lowest BCUT2D eigenvalue weighted by molar-refractivity contribution is -0.485. The summed E-state index contributed by atoms with van der Waals surface area (Å²) >= 11 is 0. The minimum atomic E-state index is -1.49. The third-order valence-electron chi connectivity index (χ3n) is 4.53. The van der Waals surface area contributed by atoms with Crippen molar-refractivity contribution in [2.45, 2.75) is 32.1 Å². The van der Waals surface area contributed by atoms with Crippen LogP contribution in [0.15, 0.2) is 24.3 Å². The predicted octanol–water partition coefficient (Wildman–Crippen LogP) is 2.36. The van der Waals surface area contributed by atoms with Gasteiger partial charge in [-0.3, -0.25) is 19.7 Å². The van der Waals surface area contributed by atoms with Gasteiger partial charge in [-0.15, -0.1) is 0 Å². The average Bonchev–Trinajstić information content (AvgIpc) is 2.95. The fourth-order valence-electron chi connectivity index (χ4n) is 3.43. The van der Waals surface area contributed by atoms with Gasteiger partial charge in [-0.05, 0) is 37.5 Å². The Morgan fingerprint density at radius 3 is 2.75 bits per heavy atom. The summed E-state index contributed by atoms with van der Waals surface area (Å²) in [6.45, 7) is 1.26. The maximum absolute atomic E-state index is 12.6. The standard InChI is InChI=1S/C17H21NO6/c1-3-24-16(20)17(9-5-8-15(17)19)14(11-18(21)22)12-6-4-7-13(10-12)23-2/h4,6-7,10,14H,3,5,8-9,11H2,1-2H3/t14-,17+/m0/s1. The van der Waals surface area contributed by atoms with Crippen LogP contribution in [0, 0.1) is 15.5 Å². The third-order valence-corrected chi connectivity index (χ3v) is 4.53. The van der Waals surface area contributed by atoms with Crippen molar-refractivity contribution in [2.24, 2.45) is 5.41 Å². The molecule has 1 aromatic carbocycles. The maximum atomic E-state index is 12.6. The van der Waals surface area contributed by atoms with Crippen LogP contribution in [0.25, 0.3) is 0 Å². The van der Waals surface area contributed by atoms with Gasteiger partial charge in [0.2, 0.25) is 6.54 Å². The highest BCUT2D eigenvalue weighted by molar-refractivity contribution is 6.06. The topological polar surface area (TPSA) is 95.7 Å². The maximum Gasteiger partial charge on any atom is 0.320 e. The first-order valence-corrected chi connectivity index (χ1v) is 7.92. The first-order chi connectivity index (χ1) is 11.5. The lowest BCUT2D eigenvalue weighted by atomic mass is 9.69. The SMILES string of the molecule is CCOC(=O)[C@@]1([C@@H](C[N+](=O)[O-])c2cccc(OC)c2)CCCC1=O. The Morgan fingerprint density at radius 2 is 2.21 bits per heavy atom. The molecule has 0 aromatic heterocycles. The van der Waals surface area contributed by atoms with Gasteiger partial charge in [0.15, 0.2) is 5.78 Å². The number of ether oxygens (including phenoxy) is 2. The van der Waals surface area contributed by atoms with E-state index in [4.69, 9.17) is 9.47 Å². The monoisotopic (exact) mass is 335 g/mol. The van der Waals surface area contributed by atoms with Crippen LogP contribution in [0.3, 0.4) is 0 Å². The number of ketones is 1. The van der Waals surface area contributed by atoms with E-state index >= 15 is 0 Å². The van der Waals surface area contributed by atoms with Crippen LogP contribution in [0.1, 0.15) is 37.7 Å². The van der Waals surface area contributed by atoms with Crippen molar-refractivity contribution >= 4 is 11.8 Å². The summed E-state index contributed by atoms with van der Waals surface area (Å²) in [5.41, 5.74) is -0.954. The largest absolute Gasteiger partial charge is 0.497 e. The Morgan fingerprint density at radius 1 is 1.46 bits per heavy atom. The van der Waals surface area contributed by atoms with Crippen LogP contribution >= 0.6 is 0 Å². The lowest BCUT2D eigenvalue weighted by Crippen LogP contribution is -2.45. The predicted molar refractivity (Wildman–Crippen MR) is 85.5 cm³/mol. The summed E-state index contributed by atoms with van der Waals surface area (Å²) in [4.78, 5) is 36.0. The van der Waals surface area contributed by atoms with Gasteiger partial charge >= 0.3 is 5.97 Å². The number of carbonyl (C=O) groups excluding carboxylic acids is 2. The summed E-state index contributed by atoms with van der Waals surface area (Å²) in [6.07, 6.45) is 1.02. The molecule has 130 valence electrons. The second-order valence-corrected chi connectivity index (χ2v) is 5.81. The first-order valence-electron chi connectivity index (χ1n) is 7.92. The highest BCUT2D eigenvalue weighted by Crippen LogP contribution is 2.48. The quantitative estimate of drug-likeness (QED) is 0.328. The zero-order valence-corrected chi connectivity index (χ0v) is 13.8. The van der Waals surface area contributed by atoms with E-state index in [1.165, 1.54) is 7.11 Å². The highest BCUT2D eigenvalue weighted by Gasteiger charge is 2.57. The molecule has 1 aromatic rings. The molecule has 1 saturated carbocycles. The summed E-state index contributed by atoms with van der Waals surface area (Å²) in [6, 6.07) is 6.73. The number of hydrogen-bond acceptors (Lipinski definition) is 6. The fraction of sp³-hybridized carbons (Fsp3) is 0.529. The molecular formula is C17H21NO6. The van der Waals surface area contributed by atoms with Gasteiger partial charge in [-0.1, -0.05) is 12.1 Å². The minimum absolute atomic E-state index is 0.122. The van der Waals surface area contributed by atoms with E-state index in [2.05, 4.69) is 0 Å². The summed E-state index contributed by atoms with van der Waals surface area (Å²) in [5.74, 6) is -1.31. The number of Topliss-reactive ketones (excluding diaryl/α,β-unsaturated/α-hetero) is 1. The molecule has 1 fully saturated rings.